The van der Waals surface area contributed by atoms with Gasteiger partial charge in [-0.2, -0.15) is 5.10 Å². The summed E-state index contributed by atoms with van der Waals surface area (Å²) in [5, 5.41) is 6.68. The molecule has 1 aromatic carbocycles. The number of likely N-dealkylation sites (N-methyl/N-ethyl adjacent to an activating group) is 1. The maximum atomic E-state index is 6.03. The molecule has 1 aliphatic heterocycles. The lowest BCUT2D eigenvalue weighted by Crippen LogP contribution is -2.38. The van der Waals surface area contributed by atoms with E-state index in [1.54, 1.807) is 6.20 Å². The van der Waals surface area contributed by atoms with Crippen LogP contribution < -0.4 is 10.5 Å². The summed E-state index contributed by atoms with van der Waals surface area (Å²) in [4.78, 5) is 2.31. The van der Waals surface area contributed by atoms with Crippen molar-refractivity contribution in [3.8, 4) is 16.9 Å². The molecule has 3 N–H and O–H groups in total. The molecule has 1 fully saturated rings. The lowest BCUT2D eigenvalue weighted by Gasteiger charge is -2.30. The first-order chi connectivity index (χ1) is 9.72. The van der Waals surface area contributed by atoms with Crippen molar-refractivity contribution in [2.24, 2.45) is 0 Å². The second-order valence-corrected chi connectivity index (χ2v) is 5.37. The standard InChI is InChI=1S/C15H20N4O/c1-19-8-2-3-13(10-19)20-12-6-4-11(5-7-12)14-9-17-18-15(14)16/h4-7,9,13H,2-3,8,10H2,1H3,(H3,16,17,18). The third kappa shape index (κ3) is 2.77. The summed E-state index contributed by atoms with van der Waals surface area (Å²) in [5.74, 6) is 1.50. The van der Waals surface area contributed by atoms with Gasteiger partial charge in [0.05, 0.1) is 6.20 Å². The summed E-state index contributed by atoms with van der Waals surface area (Å²) in [7, 11) is 2.14. The molecule has 2 heterocycles. The van der Waals surface area contributed by atoms with E-state index in [2.05, 4.69) is 22.1 Å². The second-order valence-electron chi connectivity index (χ2n) is 5.37. The summed E-state index contributed by atoms with van der Waals surface area (Å²) in [5.41, 5.74) is 7.79. The highest BCUT2D eigenvalue weighted by atomic mass is 16.5. The smallest absolute Gasteiger partial charge is 0.126 e. The number of likely N-dealkylation sites (tertiary alicyclic amines) is 1. The number of nitrogens with zero attached hydrogens (tertiary/aromatic N) is 2. The van der Waals surface area contributed by atoms with E-state index >= 15 is 0 Å². The topological polar surface area (TPSA) is 67.2 Å². The molecule has 3 rings (SSSR count). The van der Waals surface area contributed by atoms with Crippen LogP contribution in [0.1, 0.15) is 12.8 Å². The van der Waals surface area contributed by atoms with Crippen molar-refractivity contribution in [3.63, 3.8) is 0 Å². The maximum Gasteiger partial charge on any atom is 0.126 e. The molecule has 1 aliphatic rings. The van der Waals surface area contributed by atoms with Crippen LogP contribution >= 0.6 is 0 Å². The number of piperidine rings is 1. The van der Waals surface area contributed by atoms with Gasteiger partial charge < -0.3 is 15.4 Å². The number of nitrogens with two attached hydrogens (primary N) is 1. The SMILES string of the molecule is CN1CCCC(Oc2ccc(-c3cn[nH]c3N)cc2)C1. The molecule has 106 valence electrons. The van der Waals surface area contributed by atoms with Crippen molar-refractivity contribution in [3.05, 3.63) is 30.5 Å². The van der Waals surface area contributed by atoms with Gasteiger partial charge in [0.1, 0.15) is 17.7 Å². The van der Waals surface area contributed by atoms with Crippen molar-refractivity contribution < 1.29 is 4.74 Å². The van der Waals surface area contributed by atoms with Crippen LogP contribution in [0, 0.1) is 0 Å². The first-order valence-electron chi connectivity index (χ1n) is 6.97. The zero-order valence-electron chi connectivity index (χ0n) is 11.7. The van der Waals surface area contributed by atoms with Crippen molar-refractivity contribution in [2.75, 3.05) is 25.9 Å². The fourth-order valence-corrected chi connectivity index (χ4v) is 2.65. The number of benzene rings is 1. The summed E-state index contributed by atoms with van der Waals surface area (Å²) in [6.45, 7) is 2.16. The molecule has 0 radical (unpaired) electrons. The average molecular weight is 272 g/mol. The molecule has 0 aliphatic carbocycles. The van der Waals surface area contributed by atoms with Gasteiger partial charge in [-0.15, -0.1) is 0 Å². The molecule has 1 unspecified atom stereocenters. The molecule has 5 nitrogen and oxygen atoms in total. The number of hydrogen-bond donors (Lipinski definition) is 2. The number of aromatic amines is 1. The lowest BCUT2D eigenvalue weighted by molar-refractivity contribution is 0.104. The number of ether oxygens (including phenoxy) is 1. The molecule has 0 bridgehead atoms. The fraction of sp³-hybridized carbons (Fsp3) is 0.400. The van der Waals surface area contributed by atoms with Crippen molar-refractivity contribution in [1.29, 1.82) is 0 Å². The van der Waals surface area contributed by atoms with Crippen LogP contribution in [0.3, 0.4) is 0 Å². The van der Waals surface area contributed by atoms with Gasteiger partial charge in [-0.25, -0.2) is 0 Å². The molecule has 0 spiro atoms. The van der Waals surface area contributed by atoms with Gasteiger partial charge in [-0.1, -0.05) is 12.1 Å². The van der Waals surface area contributed by atoms with Gasteiger partial charge in [0.25, 0.3) is 0 Å². The minimum Gasteiger partial charge on any atom is -0.489 e. The monoisotopic (exact) mass is 272 g/mol. The van der Waals surface area contributed by atoms with Crippen molar-refractivity contribution >= 4 is 5.82 Å². The Bertz CT molecular complexity index is 564. The molecular formula is C15H20N4O. The van der Waals surface area contributed by atoms with Gasteiger partial charge in [-0.3, -0.25) is 5.10 Å². The molecule has 1 aromatic heterocycles. The van der Waals surface area contributed by atoms with Gasteiger partial charge in [0, 0.05) is 12.1 Å². The Balaban J connectivity index is 1.69. The minimum absolute atomic E-state index is 0.290. The van der Waals surface area contributed by atoms with Crippen LogP contribution in [-0.2, 0) is 0 Å². The predicted molar refractivity (Wildman–Crippen MR) is 79.6 cm³/mol. The van der Waals surface area contributed by atoms with Gasteiger partial charge in [0.15, 0.2) is 0 Å². The summed E-state index contributed by atoms with van der Waals surface area (Å²) < 4.78 is 6.03. The van der Waals surface area contributed by atoms with Crippen LogP contribution in [0.2, 0.25) is 0 Å². The number of nitrogens with one attached hydrogen (secondary N) is 1. The molecule has 2 aromatic rings. The third-order valence-electron chi connectivity index (χ3n) is 3.72. The molecule has 1 atom stereocenters. The quantitative estimate of drug-likeness (QED) is 0.898. The Hall–Kier alpha value is -2.01. The van der Waals surface area contributed by atoms with Crippen LogP contribution in [0.5, 0.6) is 5.75 Å². The van der Waals surface area contributed by atoms with E-state index in [0.29, 0.717) is 11.9 Å². The summed E-state index contributed by atoms with van der Waals surface area (Å²) in [6.07, 6.45) is 4.35. The van der Waals surface area contributed by atoms with Gasteiger partial charge in [0.2, 0.25) is 0 Å². The fourth-order valence-electron chi connectivity index (χ4n) is 2.65. The first-order valence-corrected chi connectivity index (χ1v) is 6.97. The zero-order chi connectivity index (χ0) is 13.9. The van der Waals surface area contributed by atoms with E-state index in [1.165, 1.54) is 13.0 Å². The molecule has 1 saturated heterocycles. The normalized spacial score (nSPS) is 19.9. The Labute approximate surface area is 118 Å². The second kappa shape index (κ2) is 5.54. The Morgan fingerprint density at radius 3 is 2.80 bits per heavy atom. The first kappa shape index (κ1) is 13.0. The Morgan fingerprint density at radius 1 is 1.35 bits per heavy atom. The number of rotatable bonds is 3. The lowest BCUT2D eigenvalue weighted by atomic mass is 10.1. The van der Waals surface area contributed by atoms with Gasteiger partial charge >= 0.3 is 0 Å². The highest BCUT2D eigenvalue weighted by Gasteiger charge is 2.18. The molecular weight excluding hydrogens is 252 g/mol. The highest BCUT2D eigenvalue weighted by molar-refractivity contribution is 5.73. The number of hydrogen-bond acceptors (Lipinski definition) is 4. The van der Waals surface area contributed by atoms with E-state index in [1.807, 2.05) is 24.3 Å². The number of nitrogen functional groups attached to an aromatic ring is 1. The number of H-pyrrole nitrogens is 1. The van der Waals surface area contributed by atoms with E-state index in [9.17, 15) is 0 Å². The Morgan fingerprint density at radius 2 is 2.15 bits per heavy atom. The number of aromatic nitrogens is 2. The summed E-state index contributed by atoms with van der Waals surface area (Å²) in [6, 6.07) is 8.03. The van der Waals surface area contributed by atoms with E-state index in [0.717, 1.165) is 29.8 Å². The molecule has 0 amide bonds. The zero-order valence-corrected chi connectivity index (χ0v) is 11.7. The van der Waals surface area contributed by atoms with Crippen LogP contribution in [0.25, 0.3) is 11.1 Å². The van der Waals surface area contributed by atoms with E-state index in [-0.39, 0.29) is 0 Å². The molecule has 0 saturated carbocycles. The van der Waals surface area contributed by atoms with E-state index < -0.39 is 0 Å². The largest absolute Gasteiger partial charge is 0.489 e. The third-order valence-corrected chi connectivity index (χ3v) is 3.72. The van der Waals surface area contributed by atoms with Crippen molar-refractivity contribution in [2.45, 2.75) is 18.9 Å². The average Bonchev–Trinajstić information content (AvgIpc) is 2.86. The number of anilines is 1. The Kier molecular flexibility index (Phi) is 3.60. The maximum absolute atomic E-state index is 6.03. The molecule has 20 heavy (non-hydrogen) atoms. The van der Waals surface area contributed by atoms with Crippen LogP contribution in [0.4, 0.5) is 5.82 Å². The van der Waals surface area contributed by atoms with Crippen LogP contribution in [0.15, 0.2) is 30.5 Å². The minimum atomic E-state index is 0.290. The van der Waals surface area contributed by atoms with Gasteiger partial charge in [-0.05, 0) is 44.1 Å². The highest BCUT2D eigenvalue weighted by Crippen LogP contribution is 2.26. The molecule has 5 heteroatoms. The summed E-state index contributed by atoms with van der Waals surface area (Å²) >= 11 is 0. The predicted octanol–water partition coefficient (Wildman–Crippen LogP) is 2.13. The van der Waals surface area contributed by atoms with E-state index in [4.69, 9.17) is 10.5 Å². The van der Waals surface area contributed by atoms with Crippen molar-refractivity contribution in [1.82, 2.24) is 15.1 Å². The van der Waals surface area contributed by atoms with Crippen LogP contribution in [-0.4, -0.2) is 41.3 Å².